The Morgan fingerprint density at radius 2 is 2.06 bits per heavy atom. The number of anilines is 1. The van der Waals surface area contributed by atoms with E-state index >= 15 is 0 Å². The Balaban J connectivity index is 1.90. The van der Waals surface area contributed by atoms with Crippen LogP contribution in [0.5, 0.6) is 0 Å². The fourth-order valence-corrected chi connectivity index (χ4v) is 1.85. The molecule has 1 aromatic heterocycles. The molecule has 0 radical (unpaired) electrons. The normalized spacial score (nSPS) is 18.6. The van der Waals surface area contributed by atoms with Crippen LogP contribution in [0.4, 0.5) is 5.69 Å². The lowest BCUT2D eigenvalue weighted by Gasteiger charge is -2.31. The number of hydrogen-bond donors (Lipinski definition) is 2. The molecule has 1 amide bonds. The molecule has 1 aliphatic rings. The fraction of sp³-hybridized carbons (Fsp3) is 0.545. The highest BCUT2D eigenvalue weighted by atomic mass is 16.2. The molecule has 1 atom stereocenters. The van der Waals surface area contributed by atoms with Crippen LogP contribution < -0.4 is 10.6 Å². The number of nitrogens with zero attached hydrogens (tertiary/aromatic N) is 3. The molecule has 17 heavy (non-hydrogen) atoms. The van der Waals surface area contributed by atoms with Gasteiger partial charge in [-0.3, -0.25) is 9.69 Å². The lowest BCUT2D eigenvalue weighted by atomic mass is 10.2. The molecular formula is C11H17N5O. The van der Waals surface area contributed by atoms with Crippen molar-refractivity contribution < 1.29 is 4.79 Å². The Hall–Kier alpha value is -1.53. The van der Waals surface area contributed by atoms with E-state index in [-0.39, 0.29) is 11.9 Å². The summed E-state index contributed by atoms with van der Waals surface area (Å²) in [4.78, 5) is 21.9. The monoisotopic (exact) mass is 235 g/mol. The molecule has 92 valence electrons. The largest absolute Gasteiger partial charge is 0.322 e. The van der Waals surface area contributed by atoms with Crippen molar-refractivity contribution in [3.8, 4) is 0 Å². The van der Waals surface area contributed by atoms with Gasteiger partial charge in [-0.05, 0) is 6.92 Å². The van der Waals surface area contributed by atoms with Crippen LogP contribution in [-0.4, -0.2) is 53.0 Å². The summed E-state index contributed by atoms with van der Waals surface area (Å²) in [5, 5.41) is 6.08. The van der Waals surface area contributed by atoms with Crippen molar-refractivity contribution in [2.45, 2.75) is 13.0 Å². The SMILES string of the molecule is CC(C(=O)Nc1cncnc1)N1CCNCC1. The van der Waals surface area contributed by atoms with Crippen LogP contribution in [0.25, 0.3) is 0 Å². The molecule has 0 aliphatic carbocycles. The number of piperazine rings is 1. The van der Waals surface area contributed by atoms with Gasteiger partial charge in [0.15, 0.2) is 0 Å². The van der Waals surface area contributed by atoms with Crippen LogP contribution >= 0.6 is 0 Å². The van der Waals surface area contributed by atoms with E-state index < -0.39 is 0 Å². The molecule has 1 unspecified atom stereocenters. The minimum Gasteiger partial charge on any atom is -0.322 e. The van der Waals surface area contributed by atoms with Gasteiger partial charge < -0.3 is 10.6 Å². The van der Waals surface area contributed by atoms with Crippen molar-refractivity contribution in [2.24, 2.45) is 0 Å². The number of amides is 1. The molecule has 0 saturated carbocycles. The maximum atomic E-state index is 12.0. The summed E-state index contributed by atoms with van der Waals surface area (Å²) in [5.41, 5.74) is 0.638. The summed E-state index contributed by atoms with van der Waals surface area (Å²) in [6.07, 6.45) is 4.63. The summed E-state index contributed by atoms with van der Waals surface area (Å²) in [6.45, 7) is 5.60. The molecule has 0 aromatic carbocycles. The van der Waals surface area contributed by atoms with E-state index in [2.05, 4.69) is 25.5 Å². The van der Waals surface area contributed by atoms with Gasteiger partial charge in [-0.25, -0.2) is 9.97 Å². The van der Waals surface area contributed by atoms with Crippen LogP contribution in [0.15, 0.2) is 18.7 Å². The first-order chi connectivity index (χ1) is 8.27. The van der Waals surface area contributed by atoms with Crippen molar-refractivity contribution in [3.05, 3.63) is 18.7 Å². The predicted molar refractivity (Wildman–Crippen MR) is 64.6 cm³/mol. The third-order valence-corrected chi connectivity index (χ3v) is 2.91. The molecule has 0 bridgehead atoms. The first-order valence-corrected chi connectivity index (χ1v) is 5.78. The number of carbonyl (C=O) groups excluding carboxylic acids is 1. The molecule has 2 rings (SSSR count). The van der Waals surface area contributed by atoms with Crippen LogP contribution in [-0.2, 0) is 4.79 Å². The van der Waals surface area contributed by atoms with Crippen molar-refractivity contribution in [1.29, 1.82) is 0 Å². The summed E-state index contributed by atoms with van der Waals surface area (Å²) >= 11 is 0. The Kier molecular flexibility index (Phi) is 4.00. The van der Waals surface area contributed by atoms with Crippen molar-refractivity contribution in [3.63, 3.8) is 0 Å². The highest BCUT2D eigenvalue weighted by Gasteiger charge is 2.22. The number of carbonyl (C=O) groups is 1. The quantitative estimate of drug-likeness (QED) is 0.753. The van der Waals surface area contributed by atoms with Gasteiger partial charge in [-0.2, -0.15) is 0 Å². The van der Waals surface area contributed by atoms with E-state index in [1.54, 1.807) is 12.4 Å². The van der Waals surface area contributed by atoms with E-state index in [1.165, 1.54) is 6.33 Å². The fourth-order valence-electron chi connectivity index (χ4n) is 1.85. The molecule has 0 spiro atoms. The lowest BCUT2D eigenvalue weighted by Crippen LogP contribution is -2.51. The molecule has 6 nitrogen and oxygen atoms in total. The minimum absolute atomic E-state index is 0.0123. The maximum Gasteiger partial charge on any atom is 0.241 e. The number of rotatable bonds is 3. The van der Waals surface area contributed by atoms with E-state index in [4.69, 9.17) is 0 Å². The van der Waals surface area contributed by atoms with Crippen LogP contribution in [0.1, 0.15) is 6.92 Å². The second kappa shape index (κ2) is 5.70. The Morgan fingerprint density at radius 1 is 1.41 bits per heavy atom. The number of aromatic nitrogens is 2. The average Bonchev–Trinajstić information content (AvgIpc) is 2.40. The van der Waals surface area contributed by atoms with E-state index in [9.17, 15) is 4.79 Å². The first kappa shape index (κ1) is 11.9. The zero-order chi connectivity index (χ0) is 12.1. The topological polar surface area (TPSA) is 70.2 Å². The Labute approximate surface area is 100 Å². The number of nitrogens with one attached hydrogen (secondary N) is 2. The molecule has 2 N–H and O–H groups in total. The zero-order valence-corrected chi connectivity index (χ0v) is 9.89. The molecule has 1 aliphatic heterocycles. The predicted octanol–water partition coefficient (Wildman–Crippen LogP) is -0.291. The van der Waals surface area contributed by atoms with Gasteiger partial charge in [0.05, 0.1) is 24.1 Å². The van der Waals surface area contributed by atoms with E-state index in [0.717, 1.165) is 26.2 Å². The minimum atomic E-state index is -0.127. The third-order valence-electron chi connectivity index (χ3n) is 2.91. The first-order valence-electron chi connectivity index (χ1n) is 5.78. The van der Waals surface area contributed by atoms with Gasteiger partial charge >= 0.3 is 0 Å². The van der Waals surface area contributed by atoms with E-state index in [1.807, 2.05) is 6.92 Å². The molecule has 1 aromatic rings. The summed E-state index contributed by atoms with van der Waals surface area (Å²) in [7, 11) is 0. The van der Waals surface area contributed by atoms with Gasteiger partial charge in [-0.15, -0.1) is 0 Å². The number of hydrogen-bond acceptors (Lipinski definition) is 5. The lowest BCUT2D eigenvalue weighted by molar-refractivity contribution is -0.120. The van der Waals surface area contributed by atoms with Crippen molar-refractivity contribution in [1.82, 2.24) is 20.2 Å². The van der Waals surface area contributed by atoms with Gasteiger partial charge in [0.2, 0.25) is 5.91 Å². The highest BCUT2D eigenvalue weighted by molar-refractivity contribution is 5.94. The molecular weight excluding hydrogens is 218 g/mol. The van der Waals surface area contributed by atoms with Crippen molar-refractivity contribution >= 4 is 11.6 Å². The van der Waals surface area contributed by atoms with E-state index in [0.29, 0.717) is 5.69 Å². The van der Waals surface area contributed by atoms with Gasteiger partial charge in [0.1, 0.15) is 6.33 Å². The van der Waals surface area contributed by atoms with Crippen LogP contribution in [0.2, 0.25) is 0 Å². The smallest absolute Gasteiger partial charge is 0.241 e. The highest BCUT2D eigenvalue weighted by Crippen LogP contribution is 2.06. The van der Waals surface area contributed by atoms with Gasteiger partial charge in [0, 0.05) is 26.2 Å². The standard InChI is InChI=1S/C11H17N5O/c1-9(16-4-2-12-3-5-16)11(17)15-10-6-13-8-14-7-10/h6-9,12H,2-5H2,1H3,(H,15,17). The molecule has 1 fully saturated rings. The second-order valence-electron chi connectivity index (χ2n) is 4.08. The summed E-state index contributed by atoms with van der Waals surface area (Å²) in [6, 6.07) is -0.127. The maximum absolute atomic E-state index is 12.0. The third kappa shape index (κ3) is 3.21. The molecule has 1 saturated heterocycles. The van der Waals surface area contributed by atoms with Crippen molar-refractivity contribution in [2.75, 3.05) is 31.5 Å². The van der Waals surface area contributed by atoms with Gasteiger partial charge in [-0.1, -0.05) is 0 Å². The van der Waals surface area contributed by atoms with Crippen LogP contribution in [0.3, 0.4) is 0 Å². The zero-order valence-electron chi connectivity index (χ0n) is 9.89. The molecule has 2 heterocycles. The van der Waals surface area contributed by atoms with Crippen LogP contribution in [0, 0.1) is 0 Å². The molecule has 6 heteroatoms. The Morgan fingerprint density at radius 3 is 2.71 bits per heavy atom. The second-order valence-corrected chi connectivity index (χ2v) is 4.08. The summed E-state index contributed by atoms with van der Waals surface area (Å²) in [5.74, 6) is -0.0123. The average molecular weight is 235 g/mol. The Bertz CT molecular complexity index is 363. The van der Waals surface area contributed by atoms with Gasteiger partial charge in [0.25, 0.3) is 0 Å². The summed E-state index contributed by atoms with van der Waals surface area (Å²) < 4.78 is 0.